The molecule has 1 saturated carbocycles. The van der Waals surface area contributed by atoms with E-state index in [0.717, 1.165) is 19.3 Å². The van der Waals surface area contributed by atoms with Gasteiger partial charge in [-0.1, -0.05) is 6.42 Å². The van der Waals surface area contributed by atoms with E-state index in [4.69, 9.17) is 0 Å². The summed E-state index contributed by atoms with van der Waals surface area (Å²) in [6.07, 6.45) is 4.42. The summed E-state index contributed by atoms with van der Waals surface area (Å²) in [5, 5.41) is 6.39. The second kappa shape index (κ2) is 3.61. The minimum absolute atomic E-state index is 0.171. The Morgan fingerprint density at radius 2 is 2.20 bits per heavy atom. The number of H-pyrrole nitrogens is 1. The zero-order valence-electron chi connectivity index (χ0n) is 8.90. The minimum Gasteiger partial charge on any atom is -0.281 e. The van der Waals surface area contributed by atoms with Crippen LogP contribution in [-0.4, -0.2) is 36.0 Å². The number of hydrogen-bond donors (Lipinski definition) is 1. The molecule has 1 aromatic rings. The zero-order chi connectivity index (χ0) is 11.1. The van der Waals surface area contributed by atoms with Gasteiger partial charge in [-0.15, -0.1) is 0 Å². The van der Waals surface area contributed by atoms with E-state index >= 15 is 0 Å². The molecule has 1 aromatic heterocycles. The molecule has 1 aliphatic carbocycles. The first-order chi connectivity index (χ1) is 7.03. The normalized spacial score (nSPS) is 18.1. The fourth-order valence-electron chi connectivity index (χ4n) is 1.70. The third-order valence-corrected chi connectivity index (χ3v) is 5.05. The lowest BCUT2D eigenvalue weighted by molar-refractivity contribution is 0.249. The number of rotatable bonds is 3. The van der Waals surface area contributed by atoms with Gasteiger partial charge in [0.2, 0.25) is 10.0 Å². The molecular weight excluding hydrogens is 214 g/mol. The average Bonchev–Trinajstić information content (AvgIpc) is 2.48. The van der Waals surface area contributed by atoms with E-state index in [1.54, 1.807) is 14.0 Å². The number of hydrogen-bond acceptors (Lipinski definition) is 3. The Labute approximate surface area is 89.5 Å². The summed E-state index contributed by atoms with van der Waals surface area (Å²) < 4.78 is 25.7. The maximum atomic E-state index is 12.1. The van der Waals surface area contributed by atoms with Crippen molar-refractivity contribution in [2.45, 2.75) is 37.1 Å². The Balaban J connectivity index is 2.30. The molecule has 1 heterocycles. The Kier molecular flexibility index (Phi) is 2.56. The van der Waals surface area contributed by atoms with Gasteiger partial charge in [-0.3, -0.25) is 5.10 Å². The van der Waals surface area contributed by atoms with Crippen LogP contribution in [-0.2, 0) is 10.0 Å². The number of aryl methyl sites for hydroxylation is 1. The van der Waals surface area contributed by atoms with Crippen LogP contribution in [0.1, 0.15) is 25.0 Å². The number of nitrogens with zero attached hydrogens (tertiary/aromatic N) is 2. The van der Waals surface area contributed by atoms with E-state index < -0.39 is 10.0 Å². The first-order valence-electron chi connectivity index (χ1n) is 5.01. The van der Waals surface area contributed by atoms with Crippen LogP contribution in [0.4, 0.5) is 0 Å². The monoisotopic (exact) mass is 229 g/mol. The van der Waals surface area contributed by atoms with E-state index in [2.05, 4.69) is 10.2 Å². The molecule has 0 bridgehead atoms. The molecule has 1 fully saturated rings. The fourth-order valence-corrected chi connectivity index (χ4v) is 3.23. The molecule has 0 amide bonds. The SMILES string of the molecule is Cc1[nH]ncc1S(=O)(=O)N(C)C1CCC1. The number of nitrogens with one attached hydrogen (secondary N) is 1. The molecule has 1 aliphatic rings. The smallest absolute Gasteiger partial charge is 0.246 e. The van der Waals surface area contributed by atoms with Gasteiger partial charge < -0.3 is 0 Å². The molecule has 1 N–H and O–H groups in total. The molecule has 0 unspecified atom stereocenters. The van der Waals surface area contributed by atoms with Crippen molar-refractivity contribution >= 4 is 10.0 Å². The van der Waals surface area contributed by atoms with Gasteiger partial charge in [-0.25, -0.2) is 8.42 Å². The van der Waals surface area contributed by atoms with Gasteiger partial charge >= 0.3 is 0 Å². The predicted molar refractivity (Wildman–Crippen MR) is 55.9 cm³/mol. The molecule has 0 aromatic carbocycles. The first kappa shape index (κ1) is 10.6. The Bertz CT molecular complexity index is 448. The fraction of sp³-hybridized carbons (Fsp3) is 0.667. The number of aromatic nitrogens is 2. The summed E-state index contributed by atoms with van der Waals surface area (Å²) in [6.45, 7) is 1.72. The van der Waals surface area contributed by atoms with Crippen molar-refractivity contribution in [3.8, 4) is 0 Å². The molecule has 2 rings (SSSR count). The molecule has 0 atom stereocenters. The van der Waals surface area contributed by atoms with Gasteiger partial charge in [0.15, 0.2) is 0 Å². The van der Waals surface area contributed by atoms with Crippen LogP contribution >= 0.6 is 0 Å². The summed E-state index contributed by atoms with van der Waals surface area (Å²) in [4.78, 5) is 0.289. The van der Waals surface area contributed by atoms with Gasteiger partial charge in [0.1, 0.15) is 4.90 Å². The Hall–Kier alpha value is -0.880. The molecular formula is C9H15N3O2S. The van der Waals surface area contributed by atoms with Crippen molar-refractivity contribution in [2.24, 2.45) is 0 Å². The van der Waals surface area contributed by atoms with Gasteiger partial charge in [-0.2, -0.15) is 9.40 Å². The summed E-state index contributed by atoms with van der Waals surface area (Å²) >= 11 is 0. The third kappa shape index (κ3) is 1.68. The molecule has 5 nitrogen and oxygen atoms in total. The standard InChI is InChI=1S/C9H15N3O2S/c1-7-9(6-10-11-7)15(13,14)12(2)8-4-3-5-8/h6,8H,3-5H2,1-2H3,(H,10,11). The van der Waals surface area contributed by atoms with Crippen molar-refractivity contribution in [1.82, 2.24) is 14.5 Å². The van der Waals surface area contributed by atoms with Gasteiger partial charge in [0.25, 0.3) is 0 Å². The Morgan fingerprint density at radius 1 is 1.53 bits per heavy atom. The zero-order valence-corrected chi connectivity index (χ0v) is 9.71. The molecule has 15 heavy (non-hydrogen) atoms. The van der Waals surface area contributed by atoms with Crippen LogP contribution in [0.5, 0.6) is 0 Å². The molecule has 0 saturated heterocycles. The van der Waals surface area contributed by atoms with E-state index in [-0.39, 0.29) is 10.9 Å². The highest BCUT2D eigenvalue weighted by atomic mass is 32.2. The summed E-state index contributed by atoms with van der Waals surface area (Å²) in [7, 11) is -1.70. The lowest BCUT2D eigenvalue weighted by Gasteiger charge is -2.33. The highest BCUT2D eigenvalue weighted by Gasteiger charge is 2.33. The first-order valence-corrected chi connectivity index (χ1v) is 6.45. The van der Waals surface area contributed by atoms with Crippen LogP contribution in [0.25, 0.3) is 0 Å². The second-order valence-corrected chi connectivity index (χ2v) is 5.93. The van der Waals surface area contributed by atoms with Crippen molar-refractivity contribution in [3.05, 3.63) is 11.9 Å². The minimum atomic E-state index is -3.35. The number of sulfonamides is 1. The van der Waals surface area contributed by atoms with Gasteiger partial charge in [0.05, 0.1) is 11.9 Å². The van der Waals surface area contributed by atoms with Crippen LogP contribution < -0.4 is 0 Å². The summed E-state index contributed by atoms with van der Waals surface area (Å²) in [5.74, 6) is 0. The maximum Gasteiger partial charge on any atom is 0.246 e. The highest BCUT2D eigenvalue weighted by molar-refractivity contribution is 7.89. The average molecular weight is 229 g/mol. The summed E-state index contributed by atoms with van der Waals surface area (Å²) in [6, 6.07) is 0.171. The van der Waals surface area contributed by atoms with E-state index in [1.165, 1.54) is 10.5 Å². The van der Waals surface area contributed by atoms with Gasteiger partial charge in [-0.05, 0) is 19.8 Å². The largest absolute Gasteiger partial charge is 0.281 e. The highest BCUT2D eigenvalue weighted by Crippen LogP contribution is 2.28. The van der Waals surface area contributed by atoms with Crippen molar-refractivity contribution in [2.75, 3.05) is 7.05 Å². The van der Waals surface area contributed by atoms with E-state index in [1.807, 2.05) is 0 Å². The van der Waals surface area contributed by atoms with Crippen LogP contribution in [0.3, 0.4) is 0 Å². The lowest BCUT2D eigenvalue weighted by atomic mass is 9.94. The predicted octanol–water partition coefficient (Wildman–Crippen LogP) is 0.891. The molecule has 0 spiro atoms. The second-order valence-electron chi connectivity index (χ2n) is 3.97. The molecule has 6 heteroatoms. The van der Waals surface area contributed by atoms with Gasteiger partial charge in [0, 0.05) is 13.1 Å². The third-order valence-electron chi connectivity index (χ3n) is 3.03. The molecule has 0 aliphatic heterocycles. The van der Waals surface area contributed by atoms with Crippen LogP contribution in [0.15, 0.2) is 11.1 Å². The van der Waals surface area contributed by atoms with Crippen LogP contribution in [0, 0.1) is 6.92 Å². The Morgan fingerprint density at radius 3 is 2.60 bits per heavy atom. The summed E-state index contributed by atoms with van der Waals surface area (Å²) in [5.41, 5.74) is 0.598. The van der Waals surface area contributed by atoms with Crippen LogP contribution in [0.2, 0.25) is 0 Å². The lowest BCUT2D eigenvalue weighted by Crippen LogP contribution is -2.41. The molecule has 0 radical (unpaired) electrons. The number of aromatic amines is 1. The van der Waals surface area contributed by atoms with E-state index in [9.17, 15) is 8.42 Å². The molecule has 84 valence electrons. The topological polar surface area (TPSA) is 66.1 Å². The quantitative estimate of drug-likeness (QED) is 0.837. The van der Waals surface area contributed by atoms with Crippen molar-refractivity contribution < 1.29 is 8.42 Å². The van der Waals surface area contributed by atoms with Crippen molar-refractivity contribution in [3.63, 3.8) is 0 Å². The maximum absolute atomic E-state index is 12.1. The van der Waals surface area contributed by atoms with Crippen molar-refractivity contribution in [1.29, 1.82) is 0 Å². The van der Waals surface area contributed by atoms with E-state index in [0.29, 0.717) is 5.69 Å².